The van der Waals surface area contributed by atoms with Gasteiger partial charge in [-0.25, -0.2) is 4.98 Å². The van der Waals surface area contributed by atoms with Crippen LogP contribution in [0, 0.1) is 0 Å². The zero-order valence-electron chi connectivity index (χ0n) is 9.20. The third kappa shape index (κ3) is 3.09. The molecule has 0 aliphatic heterocycles. The predicted octanol–water partition coefficient (Wildman–Crippen LogP) is 4.02. The number of hydrogen-bond donors (Lipinski definition) is 1. The average Bonchev–Trinajstić information content (AvgIpc) is 2.77. The van der Waals surface area contributed by atoms with E-state index in [1.165, 1.54) is 16.6 Å². The lowest BCUT2D eigenvalue weighted by molar-refractivity contribution is 1.06. The van der Waals surface area contributed by atoms with Crippen molar-refractivity contribution in [2.24, 2.45) is 0 Å². The van der Waals surface area contributed by atoms with Crippen LogP contribution in [0.5, 0.6) is 0 Å². The number of anilines is 1. The highest BCUT2D eigenvalue weighted by Crippen LogP contribution is 2.22. The van der Waals surface area contributed by atoms with Gasteiger partial charge in [-0.2, -0.15) is 4.98 Å². The molecule has 1 N–H and O–H groups in total. The van der Waals surface area contributed by atoms with Crippen molar-refractivity contribution in [2.75, 3.05) is 5.32 Å². The fourth-order valence-electron chi connectivity index (χ4n) is 1.47. The molecule has 0 aromatic carbocycles. The molecule has 0 saturated heterocycles. The maximum absolute atomic E-state index is 5.97. The molecule has 0 fully saturated rings. The van der Waals surface area contributed by atoms with Gasteiger partial charge >= 0.3 is 0 Å². The van der Waals surface area contributed by atoms with E-state index in [4.69, 9.17) is 23.2 Å². The molecule has 0 unspecified atom stereocenters. The molecule has 17 heavy (non-hydrogen) atoms. The summed E-state index contributed by atoms with van der Waals surface area (Å²) in [6, 6.07) is 2.14. The van der Waals surface area contributed by atoms with E-state index in [1.807, 2.05) is 0 Å². The zero-order valence-corrected chi connectivity index (χ0v) is 11.5. The van der Waals surface area contributed by atoms with E-state index in [1.54, 1.807) is 11.3 Å². The SMILES string of the molecule is CCc1ccsc1CNc1nc(Cl)ncc1Cl. The maximum Gasteiger partial charge on any atom is 0.224 e. The van der Waals surface area contributed by atoms with Crippen LogP contribution in [0.15, 0.2) is 17.6 Å². The van der Waals surface area contributed by atoms with E-state index in [2.05, 4.69) is 33.7 Å². The van der Waals surface area contributed by atoms with Gasteiger partial charge in [-0.15, -0.1) is 11.3 Å². The van der Waals surface area contributed by atoms with Crippen molar-refractivity contribution in [1.82, 2.24) is 9.97 Å². The lowest BCUT2D eigenvalue weighted by Crippen LogP contribution is -2.03. The molecular weight excluding hydrogens is 277 g/mol. The molecule has 0 saturated carbocycles. The van der Waals surface area contributed by atoms with Crippen LogP contribution in [0.2, 0.25) is 10.3 Å². The largest absolute Gasteiger partial charge is 0.364 e. The second-order valence-corrected chi connectivity index (χ2v) is 5.16. The Hall–Kier alpha value is -0.840. The van der Waals surface area contributed by atoms with Gasteiger partial charge in [0.15, 0.2) is 0 Å². The Morgan fingerprint density at radius 1 is 1.41 bits per heavy atom. The van der Waals surface area contributed by atoms with Gasteiger partial charge in [0.2, 0.25) is 5.28 Å². The number of rotatable bonds is 4. The van der Waals surface area contributed by atoms with Crippen molar-refractivity contribution in [1.29, 1.82) is 0 Å². The molecule has 2 heterocycles. The minimum atomic E-state index is 0.193. The van der Waals surface area contributed by atoms with Gasteiger partial charge in [0.05, 0.1) is 12.7 Å². The summed E-state index contributed by atoms with van der Waals surface area (Å²) in [6.45, 7) is 2.84. The molecule has 0 bridgehead atoms. The van der Waals surface area contributed by atoms with Gasteiger partial charge in [-0.3, -0.25) is 0 Å². The second kappa shape index (κ2) is 5.67. The number of nitrogens with zero attached hydrogens (tertiary/aromatic N) is 2. The van der Waals surface area contributed by atoms with E-state index in [-0.39, 0.29) is 5.28 Å². The second-order valence-electron chi connectivity index (χ2n) is 3.41. The molecule has 6 heteroatoms. The first kappa shape index (κ1) is 12.6. The highest BCUT2D eigenvalue weighted by atomic mass is 35.5. The Kier molecular flexibility index (Phi) is 4.20. The Morgan fingerprint density at radius 2 is 2.24 bits per heavy atom. The number of halogens is 2. The quantitative estimate of drug-likeness (QED) is 0.863. The molecule has 2 aromatic rings. The van der Waals surface area contributed by atoms with E-state index in [9.17, 15) is 0 Å². The summed E-state index contributed by atoms with van der Waals surface area (Å²) in [4.78, 5) is 9.14. The summed E-state index contributed by atoms with van der Waals surface area (Å²) >= 11 is 13.4. The lowest BCUT2D eigenvalue weighted by Gasteiger charge is -2.07. The Bertz CT molecular complexity index is 513. The Labute approximate surface area is 114 Å². The number of aromatic nitrogens is 2. The fraction of sp³-hybridized carbons (Fsp3) is 0.273. The Morgan fingerprint density at radius 3 is 3.00 bits per heavy atom. The predicted molar refractivity (Wildman–Crippen MR) is 73.1 cm³/mol. The number of thiophene rings is 1. The van der Waals surface area contributed by atoms with Crippen LogP contribution < -0.4 is 5.32 Å². The molecule has 0 radical (unpaired) electrons. The highest BCUT2D eigenvalue weighted by Gasteiger charge is 2.06. The van der Waals surface area contributed by atoms with Gasteiger partial charge in [0.25, 0.3) is 0 Å². The third-order valence-corrected chi connectivity index (χ3v) is 3.77. The van der Waals surface area contributed by atoms with E-state index < -0.39 is 0 Å². The van der Waals surface area contributed by atoms with E-state index >= 15 is 0 Å². The average molecular weight is 288 g/mol. The van der Waals surface area contributed by atoms with Crippen molar-refractivity contribution in [2.45, 2.75) is 19.9 Å². The van der Waals surface area contributed by atoms with Crippen LogP contribution >= 0.6 is 34.5 Å². The summed E-state index contributed by atoms with van der Waals surface area (Å²) < 4.78 is 0. The minimum absolute atomic E-state index is 0.193. The smallest absolute Gasteiger partial charge is 0.224 e. The topological polar surface area (TPSA) is 37.8 Å². The van der Waals surface area contributed by atoms with Gasteiger partial charge in [0, 0.05) is 4.88 Å². The molecule has 3 nitrogen and oxygen atoms in total. The van der Waals surface area contributed by atoms with Crippen LogP contribution in [0.25, 0.3) is 0 Å². The molecule has 0 amide bonds. The van der Waals surface area contributed by atoms with Crippen LogP contribution in [0.3, 0.4) is 0 Å². The van der Waals surface area contributed by atoms with E-state index in [0.29, 0.717) is 17.4 Å². The van der Waals surface area contributed by atoms with Crippen molar-refractivity contribution in [3.8, 4) is 0 Å². The molecular formula is C11H11Cl2N3S. The fourth-order valence-corrected chi connectivity index (χ4v) is 2.68. The molecule has 2 rings (SSSR count). The summed E-state index contributed by atoms with van der Waals surface area (Å²) in [5.41, 5.74) is 1.35. The van der Waals surface area contributed by atoms with Crippen molar-refractivity contribution in [3.63, 3.8) is 0 Å². The number of hydrogen-bond acceptors (Lipinski definition) is 4. The van der Waals surface area contributed by atoms with Crippen molar-refractivity contribution in [3.05, 3.63) is 38.4 Å². The highest BCUT2D eigenvalue weighted by molar-refractivity contribution is 7.10. The third-order valence-electron chi connectivity index (χ3n) is 2.35. The molecule has 0 aliphatic rings. The van der Waals surface area contributed by atoms with Crippen LogP contribution in [0.4, 0.5) is 5.82 Å². The van der Waals surface area contributed by atoms with Crippen LogP contribution in [-0.2, 0) is 13.0 Å². The van der Waals surface area contributed by atoms with Gasteiger partial charge in [-0.05, 0) is 35.0 Å². The van der Waals surface area contributed by atoms with Crippen LogP contribution in [-0.4, -0.2) is 9.97 Å². The van der Waals surface area contributed by atoms with Gasteiger partial charge < -0.3 is 5.32 Å². The zero-order chi connectivity index (χ0) is 12.3. The normalized spacial score (nSPS) is 10.5. The minimum Gasteiger partial charge on any atom is -0.364 e. The van der Waals surface area contributed by atoms with Gasteiger partial charge in [0.1, 0.15) is 10.8 Å². The van der Waals surface area contributed by atoms with Crippen LogP contribution in [0.1, 0.15) is 17.4 Å². The molecule has 0 atom stereocenters. The molecule has 2 aromatic heterocycles. The Balaban J connectivity index is 2.09. The first-order valence-electron chi connectivity index (χ1n) is 5.18. The molecule has 0 spiro atoms. The lowest BCUT2D eigenvalue weighted by atomic mass is 10.2. The summed E-state index contributed by atoms with van der Waals surface area (Å²) in [5, 5.41) is 5.93. The summed E-state index contributed by atoms with van der Waals surface area (Å²) in [7, 11) is 0. The standard InChI is InChI=1S/C11H11Cl2N3S/c1-2-7-3-4-17-9(7)6-14-10-8(12)5-15-11(13)16-10/h3-5H,2,6H2,1H3,(H,14,15,16). The van der Waals surface area contributed by atoms with Gasteiger partial charge in [-0.1, -0.05) is 18.5 Å². The number of aryl methyl sites for hydroxylation is 1. The molecule has 0 aliphatic carbocycles. The first-order chi connectivity index (χ1) is 8.20. The first-order valence-corrected chi connectivity index (χ1v) is 6.81. The maximum atomic E-state index is 5.97. The summed E-state index contributed by atoms with van der Waals surface area (Å²) in [5.74, 6) is 0.571. The van der Waals surface area contributed by atoms with E-state index in [0.717, 1.165) is 6.42 Å². The van der Waals surface area contributed by atoms with Crippen molar-refractivity contribution < 1.29 is 0 Å². The monoisotopic (exact) mass is 287 g/mol. The number of nitrogens with one attached hydrogen (secondary N) is 1. The van der Waals surface area contributed by atoms with Crippen molar-refractivity contribution >= 4 is 40.4 Å². The molecule has 90 valence electrons. The summed E-state index contributed by atoms with van der Waals surface area (Å²) in [6.07, 6.45) is 2.52.